The van der Waals surface area contributed by atoms with E-state index >= 15 is 0 Å². The van der Waals surface area contributed by atoms with E-state index in [9.17, 15) is 0 Å². The van der Waals surface area contributed by atoms with Crippen LogP contribution in [-0.4, -0.2) is 5.71 Å². The molecule has 1 aromatic carbocycles. The molecule has 0 aliphatic heterocycles. The molecule has 106 valence electrons. The lowest BCUT2D eigenvalue weighted by Crippen LogP contribution is -2.03. The predicted octanol–water partition coefficient (Wildman–Crippen LogP) is 4.81. The number of hydrogen-bond acceptors (Lipinski definition) is 2. The van der Waals surface area contributed by atoms with Crippen molar-refractivity contribution in [2.45, 2.75) is 51.9 Å². The summed E-state index contributed by atoms with van der Waals surface area (Å²) < 4.78 is 0. The molecule has 0 atom stereocenters. The van der Waals surface area contributed by atoms with E-state index in [1.807, 2.05) is 37.3 Å². The van der Waals surface area contributed by atoms with Crippen LogP contribution < -0.4 is 4.84 Å². The smallest absolute Gasteiger partial charge is 0.157 e. The van der Waals surface area contributed by atoms with Gasteiger partial charge < -0.3 is 4.84 Å². The van der Waals surface area contributed by atoms with Crippen LogP contribution in [0.5, 0.6) is 5.75 Å². The Labute approximate surface area is 122 Å². The van der Waals surface area contributed by atoms with Gasteiger partial charge in [-0.25, -0.2) is 0 Å². The van der Waals surface area contributed by atoms with Crippen LogP contribution in [0.4, 0.5) is 0 Å². The second-order valence-electron chi connectivity index (χ2n) is 5.39. The van der Waals surface area contributed by atoms with Gasteiger partial charge in [0.15, 0.2) is 5.75 Å². The average molecular weight is 269 g/mol. The molecule has 0 unspecified atom stereocenters. The normalized spacial score (nSPS) is 16.4. The molecule has 0 heterocycles. The Hall–Kier alpha value is -1.75. The number of para-hydroxylation sites is 1. The quantitative estimate of drug-likeness (QED) is 0.437. The van der Waals surface area contributed by atoms with E-state index in [-0.39, 0.29) is 0 Å². The summed E-state index contributed by atoms with van der Waals surface area (Å²) in [5, 5.41) is 4.13. The topological polar surface area (TPSA) is 21.6 Å². The highest BCUT2D eigenvalue weighted by atomic mass is 16.6. The van der Waals surface area contributed by atoms with E-state index < -0.39 is 0 Å². The van der Waals surface area contributed by atoms with Crippen molar-refractivity contribution in [1.29, 1.82) is 0 Å². The zero-order valence-electron chi connectivity index (χ0n) is 12.3. The van der Waals surface area contributed by atoms with Crippen molar-refractivity contribution in [1.82, 2.24) is 0 Å². The van der Waals surface area contributed by atoms with Gasteiger partial charge in [0.2, 0.25) is 0 Å². The predicted molar refractivity (Wildman–Crippen MR) is 83.8 cm³/mol. The molecule has 0 aromatic heterocycles. The molecular weight excluding hydrogens is 246 g/mol. The van der Waals surface area contributed by atoms with Gasteiger partial charge in [-0.1, -0.05) is 48.5 Å². The fraction of sp³-hybridized carbons (Fsp3) is 0.500. The van der Waals surface area contributed by atoms with Gasteiger partial charge in [0, 0.05) is 12.3 Å². The van der Waals surface area contributed by atoms with Gasteiger partial charge in [-0.2, -0.15) is 0 Å². The molecule has 0 bridgehead atoms. The van der Waals surface area contributed by atoms with Gasteiger partial charge in [-0.3, -0.25) is 0 Å². The second-order valence-corrected chi connectivity index (χ2v) is 5.39. The number of benzene rings is 1. The minimum Gasteiger partial charge on any atom is -0.357 e. The van der Waals surface area contributed by atoms with Crippen LogP contribution in [0.1, 0.15) is 51.9 Å². The third kappa shape index (κ3) is 5.48. The number of rotatable bonds is 4. The van der Waals surface area contributed by atoms with Crippen molar-refractivity contribution in [3.8, 4) is 17.6 Å². The highest BCUT2D eigenvalue weighted by Gasteiger charge is 2.09. The fourth-order valence-corrected chi connectivity index (χ4v) is 2.36. The summed E-state index contributed by atoms with van der Waals surface area (Å²) in [4.78, 5) is 5.35. The van der Waals surface area contributed by atoms with Crippen LogP contribution in [-0.2, 0) is 0 Å². The highest BCUT2D eigenvalue weighted by molar-refractivity contribution is 5.81. The van der Waals surface area contributed by atoms with Crippen molar-refractivity contribution < 1.29 is 4.84 Å². The molecule has 1 fully saturated rings. The largest absolute Gasteiger partial charge is 0.357 e. The maximum Gasteiger partial charge on any atom is 0.157 e. The summed E-state index contributed by atoms with van der Waals surface area (Å²) in [6.45, 7) is 1.99. The minimum absolute atomic E-state index is 0.640. The summed E-state index contributed by atoms with van der Waals surface area (Å²) in [7, 11) is 0. The molecular formula is C18H23NO. The molecule has 1 aliphatic rings. The first-order valence-electron chi connectivity index (χ1n) is 7.58. The number of hydrogen-bond donors (Lipinski definition) is 0. The molecule has 0 amide bonds. The van der Waals surface area contributed by atoms with Crippen molar-refractivity contribution in [3.63, 3.8) is 0 Å². The molecule has 1 aliphatic carbocycles. The summed E-state index contributed by atoms with van der Waals surface area (Å²) in [6, 6.07) is 9.65. The van der Waals surface area contributed by atoms with E-state index in [1.54, 1.807) is 0 Å². The summed E-state index contributed by atoms with van der Waals surface area (Å²) in [6.07, 6.45) is 8.43. The molecule has 2 heteroatoms. The first-order chi connectivity index (χ1) is 9.84. The maximum atomic E-state index is 5.35. The monoisotopic (exact) mass is 269 g/mol. The lowest BCUT2D eigenvalue weighted by atomic mass is 9.90. The van der Waals surface area contributed by atoms with Gasteiger partial charge in [-0.05, 0) is 38.3 Å². The van der Waals surface area contributed by atoms with Crippen molar-refractivity contribution in [3.05, 3.63) is 30.3 Å². The Morgan fingerprint density at radius 2 is 1.95 bits per heavy atom. The Kier molecular flexibility index (Phi) is 6.17. The van der Waals surface area contributed by atoms with E-state index in [2.05, 4.69) is 17.0 Å². The Morgan fingerprint density at radius 3 is 2.70 bits per heavy atom. The molecule has 2 nitrogen and oxygen atoms in total. The maximum absolute atomic E-state index is 5.35. The molecule has 1 aromatic rings. The second kappa shape index (κ2) is 8.43. The summed E-state index contributed by atoms with van der Waals surface area (Å²) in [5.41, 5.74) is 0.992. The van der Waals surface area contributed by atoms with Crippen LogP contribution in [0.15, 0.2) is 35.5 Å². The van der Waals surface area contributed by atoms with Gasteiger partial charge in [0.05, 0.1) is 5.71 Å². The first-order valence-corrected chi connectivity index (χ1v) is 7.58. The molecule has 0 radical (unpaired) electrons. The van der Waals surface area contributed by atoms with Gasteiger partial charge in [0.1, 0.15) is 0 Å². The van der Waals surface area contributed by atoms with Crippen molar-refractivity contribution in [2.24, 2.45) is 11.1 Å². The fourth-order valence-electron chi connectivity index (χ4n) is 2.36. The SMILES string of the molecule is CC(CCC#CC1CCCCC1)=NOc1ccccc1. The zero-order chi connectivity index (χ0) is 14.0. The van der Waals surface area contributed by atoms with Crippen molar-refractivity contribution in [2.75, 3.05) is 0 Å². The zero-order valence-corrected chi connectivity index (χ0v) is 12.3. The minimum atomic E-state index is 0.640. The van der Waals surface area contributed by atoms with E-state index in [0.29, 0.717) is 5.92 Å². The molecule has 1 saturated carbocycles. The Balaban J connectivity index is 1.69. The van der Waals surface area contributed by atoms with Crippen LogP contribution in [0.2, 0.25) is 0 Å². The van der Waals surface area contributed by atoms with E-state index in [0.717, 1.165) is 24.3 Å². The first kappa shape index (κ1) is 14.7. The molecule has 0 N–H and O–H groups in total. The third-order valence-corrected chi connectivity index (χ3v) is 3.57. The number of nitrogens with zero attached hydrogens (tertiary/aromatic N) is 1. The summed E-state index contributed by atoms with van der Waals surface area (Å²) >= 11 is 0. The molecule has 0 spiro atoms. The van der Waals surface area contributed by atoms with Crippen LogP contribution >= 0.6 is 0 Å². The van der Waals surface area contributed by atoms with Crippen molar-refractivity contribution >= 4 is 5.71 Å². The molecule has 2 rings (SSSR count). The lowest BCUT2D eigenvalue weighted by molar-refractivity contribution is 0.339. The van der Waals surface area contributed by atoms with Gasteiger partial charge in [-0.15, -0.1) is 5.92 Å². The van der Waals surface area contributed by atoms with E-state index in [4.69, 9.17) is 4.84 Å². The lowest BCUT2D eigenvalue weighted by Gasteiger charge is -2.15. The van der Waals surface area contributed by atoms with Crippen LogP contribution in [0.3, 0.4) is 0 Å². The van der Waals surface area contributed by atoms with Gasteiger partial charge >= 0.3 is 0 Å². The Bertz CT molecular complexity index is 475. The van der Waals surface area contributed by atoms with Gasteiger partial charge in [0.25, 0.3) is 0 Å². The third-order valence-electron chi connectivity index (χ3n) is 3.57. The van der Waals surface area contributed by atoms with Crippen LogP contribution in [0.25, 0.3) is 0 Å². The molecule has 0 saturated heterocycles. The van der Waals surface area contributed by atoms with Crippen LogP contribution in [0, 0.1) is 17.8 Å². The molecule has 20 heavy (non-hydrogen) atoms. The Morgan fingerprint density at radius 1 is 1.20 bits per heavy atom. The number of oxime groups is 1. The average Bonchev–Trinajstić information content (AvgIpc) is 2.52. The summed E-state index contributed by atoms with van der Waals surface area (Å²) in [5.74, 6) is 8.12. The van der Waals surface area contributed by atoms with E-state index in [1.165, 1.54) is 32.1 Å². The highest BCUT2D eigenvalue weighted by Crippen LogP contribution is 2.22. The standard InChI is InChI=1S/C18H23NO/c1-16(19-20-18-14-6-3-7-15-18)10-8-9-13-17-11-4-2-5-12-17/h3,6-7,14-15,17H,2,4-5,8,10-12H2,1H3.